The van der Waals surface area contributed by atoms with Gasteiger partial charge in [-0.3, -0.25) is 0 Å². The third-order valence-electron chi connectivity index (χ3n) is 1.07. The Morgan fingerprint density at radius 2 is 1.50 bits per heavy atom. The zero-order valence-corrected chi connectivity index (χ0v) is 7.70. The van der Waals surface area contributed by atoms with Crippen LogP contribution in [0.25, 0.3) is 0 Å². The molecule has 0 radical (unpaired) electrons. The van der Waals surface area contributed by atoms with Crippen LogP contribution in [0.4, 0.5) is 0 Å². The molecule has 1 aromatic rings. The standard InChI is InChI=1S/C6H5BO2.Ca/c8-7(9)6-4-2-1-3-5-6;/h1-5H;/q-2;+2. The molecule has 0 aliphatic heterocycles. The van der Waals surface area contributed by atoms with Gasteiger partial charge < -0.3 is 10.0 Å². The fraction of sp³-hybridized carbons (Fsp3) is 0. The van der Waals surface area contributed by atoms with Crippen LogP contribution >= 0.6 is 0 Å². The molecule has 0 amide bonds. The van der Waals surface area contributed by atoms with Gasteiger partial charge in [-0.15, -0.1) is 5.46 Å². The Morgan fingerprint density at radius 1 is 1.00 bits per heavy atom. The Kier molecular flexibility index (Phi) is 5.40. The topological polar surface area (TPSA) is 46.1 Å². The van der Waals surface area contributed by atoms with Crippen molar-refractivity contribution in [1.29, 1.82) is 0 Å². The third-order valence-corrected chi connectivity index (χ3v) is 1.07. The third kappa shape index (κ3) is 3.04. The van der Waals surface area contributed by atoms with Gasteiger partial charge in [0.2, 0.25) is 0 Å². The molecule has 0 unspecified atom stereocenters. The van der Waals surface area contributed by atoms with Gasteiger partial charge in [0, 0.05) is 0 Å². The van der Waals surface area contributed by atoms with E-state index in [-0.39, 0.29) is 37.7 Å². The molecular formula is C6H5BCaO2. The first-order chi connectivity index (χ1) is 4.30. The Morgan fingerprint density at radius 3 is 1.80 bits per heavy atom. The zero-order valence-electron chi connectivity index (χ0n) is 5.49. The van der Waals surface area contributed by atoms with Crippen molar-refractivity contribution in [1.82, 2.24) is 0 Å². The summed E-state index contributed by atoms with van der Waals surface area (Å²) in [6.07, 6.45) is 0. The van der Waals surface area contributed by atoms with E-state index in [1.807, 2.05) is 0 Å². The molecule has 4 heteroatoms. The smallest absolute Gasteiger partial charge is 0.889 e. The van der Waals surface area contributed by atoms with Gasteiger partial charge in [-0.1, -0.05) is 37.5 Å². The van der Waals surface area contributed by atoms with Crippen LogP contribution in [-0.4, -0.2) is 44.9 Å². The summed E-state index contributed by atoms with van der Waals surface area (Å²) in [7, 11) is -1.84. The normalized spacial score (nSPS) is 8.20. The molecule has 0 fully saturated rings. The van der Waals surface area contributed by atoms with Gasteiger partial charge in [0.1, 0.15) is 0 Å². The molecule has 1 aromatic carbocycles. The summed E-state index contributed by atoms with van der Waals surface area (Å²) in [4.78, 5) is 0. The van der Waals surface area contributed by atoms with E-state index in [0.29, 0.717) is 5.46 Å². The van der Waals surface area contributed by atoms with E-state index in [9.17, 15) is 10.0 Å². The zero-order chi connectivity index (χ0) is 6.69. The van der Waals surface area contributed by atoms with E-state index in [1.165, 1.54) is 12.1 Å². The molecule has 0 aliphatic carbocycles. The van der Waals surface area contributed by atoms with Crippen molar-refractivity contribution in [2.75, 3.05) is 0 Å². The number of hydrogen-bond donors (Lipinski definition) is 0. The summed E-state index contributed by atoms with van der Waals surface area (Å²) >= 11 is 0. The molecule has 1 rings (SSSR count). The van der Waals surface area contributed by atoms with Gasteiger partial charge in [0.15, 0.2) is 0 Å². The molecule has 0 heterocycles. The van der Waals surface area contributed by atoms with E-state index in [4.69, 9.17) is 0 Å². The van der Waals surface area contributed by atoms with E-state index in [2.05, 4.69) is 0 Å². The maximum Gasteiger partial charge on any atom is 2.00 e. The summed E-state index contributed by atoms with van der Waals surface area (Å²) < 4.78 is 0. The van der Waals surface area contributed by atoms with Crippen molar-refractivity contribution < 1.29 is 10.0 Å². The molecule has 10 heavy (non-hydrogen) atoms. The molecular weight excluding hydrogens is 155 g/mol. The molecule has 46 valence electrons. The molecule has 0 N–H and O–H groups in total. The molecule has 2 nitrogen and oxygen atoms in total. The summed E-state index contributed by atoms with van der Waals surface area (Å²) in [5, 5.41) is 20.3. The minimum atomic E-state index is -1.84. The quantitative estimate of drug-likeness (QED) is 0.434. The molecule has 0 saturated heterocycles. The first kappa shape index (κ1) is 10.5. The van der Waals surface area contributed by atoms with E-state index >= 15 is 0 Å². The Balaban J connectivity index is 0.000000810. The van der Waals surface area contributed by atoms with Crippen LogP contribution in [0.3, 0.4) is 0 Å². The molecule has 0 bridgehead atoms. The van der Waals surface area contributed by atoms with Crippen molar-refractivity contribution in [2.45, 2.75) is 0 Å². The Labute approximate surface area is 90.0 Å². The fourth-order valence-electron chi connectivity index (χ4n) is 0.610. The van der Waals surface area contributed by atoms with Crippen LogP contribution in [0.5, 0.6) is 0 Å². The summed E-state index contributed by atoms with van der Waals surface area (Å²) in [6.45, 7) is 0. The summed E-state index contributed by atoms with van der Waals surface area (Å²) in [5.74, 6) is 0. The van der Waals surface area contributed by atoms with Gasteiger partial charge in [0.25, 0.3) is 0 Å². The van der Waals surface area contributed by atoms with Gasteiger partial charge in [-0.25, -0.2) is 0 Å². The second-order valence-corrected chi connectivity index (χ2v) is 1.74. The fourth-order valence-corrected chi connectivity index (χ4v) is 0.610. The van der Waals surface area contributed by atoms with E-state index in [0.717, 1.165) is 0 Å². The summed E-state index contributed by atoms with van der Waals surface area (Å²) in [6, 6.07) is 8.19. The minimum absolute atomic E-state index is 0. The van der Waals surface area contributed by atoms with Crippen LogP contribution in [0.2, 0.25) is 0 Å². The Hall–Kier alpha value is 0.465. The first-order valence-corrected chi connectivity index (χ1v) is 2.67. The average molecular weight is 160 g/mol. The van der Waals surface area contributed by atoms with Gasteiger partial charge in [-0.2, -0.15) is 0 Å². The van der Waals surface area contributed by atoms with E-state index < -0.39 is 7.12 Å². The maximum absolute atomic E-state index is 10.2. The predicted molar refractivity (Wildman–Crippen MR) is 37.6 cm³/mol. The maximum atomic E-state index is 10.2. The Bertz CT molecular complexity index is 178. The number of benzene rings is 1. The SMILES string of the molecule is [Ca+2].[O-]B([O-])c1ccccc1. The second kappa shape index (κ2) is 5.16. The van der Waals surface area contributed by atoms with Crippen molar-refractivity contribution in [3.8, 4) is 0 Å². The van der Waals surface area contributed by atoms with Crippen molar-refractivity contribution in [3.63, 3.8) is 0 Å². The first-order valence-electron chi connectivity index (χ1n) is 2.67. The van der Waals surface area contributed by atoms with Crippen LogP contribution < -0.4 is 15.5 Å². The van der Waals surface area contributed by atoms with Crippen molar-refractivity contribution in [3.05, 3.63) is 30.3 Å². The van der Waals surface area contributed by atoms with Crippen LogP contribution in [0.1, 0.15) is 0 Å². The van der Waals surface area contributed by atoms with Gasteiger partial charge in [0.05, 0.1) is 0 Å². The van der Waals surface area contributed by atoms with Crippen molar-refractivity contribution in [2.24, 2.45) is 0 Å². The number of hydrogen-bond acceptors (Lipinski definition) is 2. The largest absolute Gasteiger partial charge is 2.00 e. The predicted octanol–water partition coefficient (Wildman–Crippen LogP) is -2.28. The minimum Gasteiger partial charge on any atom is -0.889 e. The molecule has 0 aliphatic rings. The average Bonchev–Trinajstić information content (AvgIpc) is 1.90. The second-order valence-electron chi connectivity index (χ2n) is 1.74. The monoisotopic (exact) mass is 160 g/mol. The summed E-state index contributed by atoms with van der Waals surface area (Å²) in [5.41, 5.74) is 0.303. The van der Waals surface area contributed by atoms with Crippen LogP contribution in [0.15, 0.2) is 30.3 Å². The van der Waals surface area contributed by atoms with Crippen molar-refractivity contribution >= 4 is 50.3 Å². The molecule has 0 atom stereocenters. The number of rotatable bonds is 1. The van der Waals surface area contributed by atoms with Gasteiger partial charge >= 0.3 is 37.7 Å². The van der Waals surface area contributed by atoms with Crippen LogP contribution in [-0.2, 0) is 0 Å². The molecule has 0 saturated carbocycles. The molecule has 0 spiro atoms. The van der Waals surface area contributed by atoms with Crippen LogP contribution in [0, 0.1) is 0 Å². The molecule has 0 aromatic heterocycles. The van der Waals surface area contributed by atoms with Gasteiger partial charge in [-0.05, 0) is 0 Å². The van der Waals surface area contributed by atoms with E-state index in [1.54, 1.807) is 18.2 Å².